The summed E-state index contributed by atoms with van der Waals surface area (Å²) in [5.74, 6) is -0.949. The van der Waals surface area contributed by atoms with Gasteiger partial charge in [-0.15, -0.1) is 0 Å². The maximum Gasteiger partial charge on any atom is 0.251 e. The second-order valence-corrected chi connectivity index (χ2v) is 8.57. The normalized spacial score (nSPS) is 16.1. The number of benzene rings is 2. The monoisotopic (exact) mass is 438 g/mol. The number of nitrogens with zero attached hydrogens (tertiary/aromatic N) is 1. The Labute approximate surface area is 174 Å². The van der Waals surface area contributed by atoms with Crippen LogP contribution in [-0.2, 0) is 14.8 Å². The number of nitrogens with one attached hydrogen (secondary N) is 1. The lowest BCUT2D eigenvalue weighted by molar-refractivity contribution is 0.0729. The molecule has 1 aliphatic heterocycles. The highest BCUT2D eigenvalue weighted by Crippen LogP contribution is 2.28. The maximum absolute atomic E-state index is 13.3. The van der Waals surface area contributed by atoms with Gasteiger partial charge in [0.05, 0.1) is 26.4 Å². The highest BCUT2D eigenvalue weighted by atomic mass is 32.2. The van der Waals surface area contributed by atoms with E-state index in [9.17, 15) is 22.7 Å². The smallest absolute Gasteiger partial charge is 0.251 e. The van der Waals surface area contributed by atoms with Crippen LogP contribution in [0, 0.1) is 5.82 Å². The van der Waals surface area contributed by atoms with Gasteiger partial charge in [-0.2, -0.15) is 4.31 Å². The van der Waals surface area contributed by atoms with Crippen molar-refractivity contribution >= 4 is 15.9 Å². The van der Waals surface area contributed by atoms with Crippen molar-refractivity contribution in [2.24, 2.45) is 0 Å². The molecule has 2 aromatic carbocycles. The number of aliphatic hydroxyl groups is 1. The lowest BCUT2D eigenvalue weighted by Crippen LogP contribution is -2.40. The number of carbonyl (C=O) groups is 1. The van der Waals surface area contributed by atoms with Gasteiger partial charge in [0.25, 0.3) is 5.91 Å². The Kier molecular flexibility index (Phi) is 7.03. The van der Waals surface area contributed by atoms with Crippen molar-refractivity contribution in [3.05, 3.63) is 59.4 Å². The Bertz CT molecular complexity index is 1010. The molecule has 0 saturated carbocycles. The zero-order valence-electron chi connectivity index (χ0n) is 16.4. The molecule has 0 aliphatic carbocycles. The SMILES string of the molecule is COc1ccc(C(=O)NCC(O)c2cccc(F)c2)cc1S(=O)(=O)N1CCOCC1. The van der Waals surface area contributed by atoms with E-state index in [4.69, 9.17) is 9.47 Å². The molecule has 0 aromatic heterocycles. The van der Waals surface area contributed by atoms with E-state index in [0.717, 1.165) is 0 Å². The Morgan fingerprint density at radius 1 is 1.27 bits per heavy atom. The minimum atomic E-state index is -3.88. The molecule has 0 spiro atoms. The predicted molar refractivity (Wildman–Crippen MR) is 106 cm³/mol. The number of morpholine rings is 1. The van der Waals surface area contributed by atoms with E-state index < -0.39 is 27.9 Å². The summed E-state index contributed by atoms with van der Waals surface area (Å²) in [5, 5.41) is 12.7. The number of halogens is 1. The highest BCUT2D eigenvalue weighted by Gasteiger charge is 2.30. The lowest BCUT2D eigenvalue weighted by atomic mass is 10.1. The van der Waals surface area contributed by atoms with Crippen molar-refractivity contribution in [3.8, 4) is 5.75 Å². The number of amides is 1. The van der Waals surface area contributed by atoms with Gasteiger partial charge >= 0.3 is 0 Å². The third-order valence-corrected chi connectivity index (χ3v) is 6.62. The number of methoxy groups -OCH3 is 1. The molecular weight excluding hydrogens is 415 g/mol. The fourth-order valence-corrected chi connectivity index (χ4v) is 4.66. The molecule has 8 nitrogen and oxygen atoms in total. The molecule has 30 heavy (non-hydrogen) atoms. The number of ether oxygens (including phenoxy) is 2. The van der Waals surface area contributed by atoms with E-state index in [-0.39, 0.29) is 35.8 Å². The van der Waals surface area contributed by atoms with E-state index >= 15 is 0 Å². The molecule has 1 heterocycles. The summed E-state index contributed by atoms with van der Waals surface area (Å²) in [6, 6.07) is 9.52. The molecule has 1 fully saturated rings. The summed E-state index contributed by atoms with van der Waals surface area (Å²) >= 11 is 0. The fourth-order valence-electron chi connectivity index (χ4n) is 3.07. The zero-order chi connectivity index (χ0) is 21.7. The largest absolute Gasteiger partial charge is 0.495 e. The van der Waals surface area contributed by atoms with Crippen LogP contribution in [0.4, 0.5) is 4.39 Å². The van der Waals surface area contributed by atoms with Gasteiger partial charge < -0.3 is 19.9 Å². The van der Waals surface area contributed by atoms with Gasteiger partial charge in [-0.25, -0.2) is 12.8 Å². The summed E-state index contributed by atoms with van der Waals surface area (Å²) in [7, 11) is -2.53. The van der Waals surface area contributed by atoms with E-state index in [1.807, 2.05) is 0 Å². The Morgan fingerprint density at radius 2 is 2.00 bits per heavy atom. The van der Waals surface area contributed by atoms with Crippen molar-refractivity contribution in [1.82, 2.24) is 9.62 Å². The third kappa shape index (κ3) is 4.96. The minimum absolute atomic E-state index is 0.0917. The second kappa shape index (κ2) is 9.52. The van der Waals surface area contributed by atoms with Crippen molar-refractivity contribution in [1.29, 1.82) is 0 Å². The Morgan fingerprint density at radius 3 is 2.67 bits per heavy atom. The predicted octanol–water partition coefficient (Wildman–Crippen LogP) is 1.32. The minimum Gasteiger partial charge on any atom is -0.495 e. The average Bonchev–Trinajstić information content (AvgIpc) is 2.77. The second-order valence-electron chi connectivity index (χ2n) is 6.66. The van der Waals surface area contributed by atoms with E-state index in [1.165, 1.54) is 47.8 Å². The molecule has 2 aromatic rings. The van der Waals surface area contributed by atoms with Gasteiger partial charge in [-0.1, -0.05) is 12.1 Å². The van der Waals surface area contributed by atoms with Crippen LogP contribution >= 0.6 is 0 Å². The standard InChI is InChI=1S/C20H23FN2O6S/c1-28-18-6-5-15(12-19(18)30(26,27)23-7-9-29-10-8-23)20(25)22-13-17(24)14-3-2-4-16(21)11-14/h2-6,11-12,17,24H,7-10,13H2,1H3,(H,22,25). The summed E-state index contributed by atoms with van der Waals surface area (Å²) in [4.78, 5) is 12.4. The first kappa shape index (κ1) is 22.2. The van der Waals surface area contributed by atoms with Crippen LogP contribution < -0.4 is 10.1 Å². The van der Waals surface area contributed by atoms with Crippen LogP contribution in [0.15, 0.2) is 47.4 Å². The molecule has 162 valence electrons. The van der Waals surface area contributed by atoms with E-state index in [2.05, 4.69) is 5.32 Å². The molecule has 1 aliphatic rings. The van der Waals surface area contributed by atoms with E-state index in [0.29, 0.717) is 18.8 Å². The van der Waals surface area contributed by atoms with Crippen molar-refractivity contribution < 1.29 is 32.2 Å². The molecule has 0 radical (unpaired) electrons. The molecular formula is C20H23FN2O6S. The van der Waals surface area contributed by atoms with Gasteiger partial charge in [-0.3, -0.25) is 4.79 Å². The van der Waals surface area contributed by atoms with Gasteiger partial charge in [0.15, 0.2) is 0 Å². The van der Waals surface area contributed by atoms with Crippen LogP contribution in [0.1, 0.15) is 22.0 Å². The average molecular weight is 438 g/mol. The van der Waals surface area contributed by atoms with Gasteiger partial charge in [0.2, 0.25) is 10.0 Å². The van der Waals surface area contributed by atoms with Crippen molar-refractivity contribution in [2.45, 2.75) is 11.0 Å². The van der Waals surface area contributed by atoms with Crippen molar-refractivity contribution in [2.75, 3.05) is 40.0 Å². The first-order valence-corrected chi connectivity index (χ1v) is 10.7. The van der Waals surface area contributed by atoms with Gasteiger partial charge in [-0.05, 0) is 35.9 Å². The fraction of sp³-hybridized carbons (Fsp3) is 0.350. The summed E-state index contributed by atoms with van der Waals surface area (Å²) in [5.41, 5.74) is 0.412. The first-order chi connectivity index (χ1) is 14.3. The molecule has 1 saturated heterocycles. The molecule has 10 heteroatoms. The van der Waals surface area contributed by atoms with Crippen LogP contribution in [0.3, 0.4) is 0 Å². The highest BCUT2D eigenvalue weighted by molar-refractivity contribution is 7.89. The van der Waals surface area contributed by atoms with Crippen molar-refractivity contribution in [3.63, 3.8) is 0 Å². The molecule has 1 unspecified atom stereocenters. The first-order valence-electron chi connectivity index (χ1n) is 9.30. The lowest BCUT2D eigenvalue weighted by Gasteiger charge is -2.26. The van der Waals surface area contributed by atoms with Crippen LogP contribution in [0.5, 0.6) is 5.75 Å². The molecule has 0 bridgehead atoms. The number of rotatable bonds is 7. The molecule has 1 atom stereocenters. The molecule has 3 rings (SSSR count). The summed E-state index contributed by atoms with van der Waals surface area (Å²) in [6.07, 6.45) is -1.11. The number of aliphatic hydroxyl groups excluding tert-OH is 1. The quantitative estimate of drug-likeness (QED) is 0.676. The zero-order valence-corrected chi connectivity index (χ0v) is 17.2. The van der Waals surface area contributed by atoms with E-state index in [1.54, 1.807) is 6.07 Å². The topological polar surface area (TPSA) is 105 Å². The molecule has 2 N–H and O–H groups in total. The Balaban J connectivity index is 1.77. The maximum atomic E-state index is 13.3. The third-order valence-electron chi connectivity index (χ3n) is 4.70. The number of sulfonamides is 1. The van der Waals surface area contributed by atoms with Gasteiger partial charge in [0.1, 0.15) is 16.5 Å². The van der Waals surface area contributed by atoms with Crippen LogP contribution in [0.2, 0.25) is 0 Å². The number of hydrogen-bond acceptors (Lipinski definition) is 6. The summed E-state index contributed by atoms with van der Waals surface area (Å²) in [6.45, 7) is 0.836. The summed E-state index contributed by atoms with van der Waals surface area (Å²) < 4.78 is 51.0. The van der Waals surface area contributed by atoms with Crippen LogP contribution in [-0.4, -0.2) is 63.7 Å². The Hall–Kier alpha value is -2.53. The number of carbonyl (C=O) groups excluding carboxylic acids is 1. The van der Waals surface area contributed by atoms with Gasteiger partial charge in [0, 0.05) is 25.2 Å². The van der Waals surface area contributed by atoms with Crippen LogP contribution in [0.25, 0.3) is 0 Å². The number of hydrogen-bond donors (Lipinski definition) is 2. The molecule has 1 amide bonds.